The third kappa shape index (κ3) is 3.05. The normalized spacial score (nSPS) is 10.6. The molecule has 0 aliphatic heterocycles. The van der Waals surface area contributed by atoms with E-state index < -0.39 is 0 Å². The van der Waals surface area contributed by atoms with Gasteiger partial charge in [-0.3, -0.25) is 4.79 Å². The molecule has 4 nitrogen and oxygen atoms in total. The number of nitrogens with one attached hydrogen (secondary N) is 1. The minimum atomic E-state index is -0.258. The van der Waals surface area contributed by atoms with Crippen molar-refractivity contribution in [3.8, 4) is 5.75 Å². The molecular weight excluding hydrogens is 392 g/mol. The van der Waals surface area contributed by atoms with E-state index in [0.717, 1.165) is 10.8 Å². The third-order valence-corrected chi connectivity index (χ3v) is 4.60. The van der Waals surface area contributed by atoms with E-state index in [9.17, 15) is 4.79 Å². The number of fused-ring (bicyclic) bond motifs is 1. The van der Waals surface area contributed by atoms with Crippen molar-refractivity contribution in [1.82, 2.24) is 0 Å². The number of hydrogen-bond donors (Lipinski definition) is 2. The average Bonchev–Trinajstić information content (AvgIpc) is 2.56. The summed E-state index contributed by atoms with van der Waals surface area (Å²) in [6, 6.07) is 14.3. The van der Waals surface area contributed by atoms with Crippen LogP contribution in [0.2, 0.25) is 5.02 Å². The number of anilines is 2. The maximum atomic E-state index is 12.8. The first-order valence-corrected chi connectivity index (χ1v) is 8.30. The molecule has 0 saturated heterocycles. The molecule has 0 aromatic heterocycles. The Morgan fingerprint density at radius 1 is 1.17 bits per heavy atom. The fourth-order valence-corrected chi connectivity index (χ4v) is 3.33. The Hall–Kier alpha value is -2.24. The summed E-state index contributed by atoms with van der Waals surface area (Å²) in [5.41, 5.74) is 7.39. The van der Waals surface area contributed by atoms with Crippen molar-refractivity contribution in [3.05, 3.63) is 63.6 Å². The fraction of sp³-hybridized carbons (Fsp3) is 0.0556. The number of carbonyl (C=O) groups excluding carboxylic acids is 1. The van der Waals surface area contributed by atoms with Crippen LogP contribution in [0.4, 0.5) is 11.4 Å². The number of benzene rings is 3. The molecule has 0 fully saturated rings. The number of amides is 1. The van der Waals surface area contributed by atoms with Crippen LogP contribution < -0.4 is 15.8 Å². The van der Waals surface area contributed by atoms with Crippen molar-refractivity contribution < 1.29 is 9.53 Å². The minimum absolute atomic E-state index is 0.258. The lowest BCUT2D eigenvalue weighted by atomic mass is 10.0. The molecule has 122 valence electrons. The van der Waals surface area contributed by atoms with Crippen molar-refractivity contribution >= 4 is 55.6 Å². The molecular formula is C18H14BrClN2O2. The van der Waals surface area contributed by atoms with E-state index in [2.05, 4.69) is 21.2 Å². The van der Waals surface area contributed by atoms with Gasteiger partial charge in [-0.05, 0) is 39.5 Å². The molecule has 0 atom stereocenters. The molecule has 3 aromatic rings. The molecule has 0 radical (unpaired) electrons. The van der Waals surface area contributed by atoms with Gasteiger partial charge in [0, 0.05) is 32.2 Å². The zero-order valence-electron chi connectivity index (χ0n) is 12.8. The third-order valence-electron chi connectivity index (χ3n) is 3.65. The second kappa shape index (κ2) is 6.71. The van der Waals surface area contributed by atoms with E-state index in [-0.39, 0.29) is 5.91 Å². The van der Waals surface area contributed by atoms with Crippen LogP contribution in [-0.2, 0) is 0 Å². The monoisotopic (exact) mass is 404 g/mol. The molecule has 3 aromatic carbocycles. The van der Waals surface area contributed by atoms with Crippen molar-refractivity contribution in [2.75, 3.05) is 18.2 Å². The van der Waals surface area contributed by atoms with Crippen LogP contribution in [-0.4, -0.2) is 13.0 Å². The van der Waals surface area contributed by atoms with Crippen LogP contribution in [0.1, 0.15) is 10.4 Å². The number of carbonyl (C=O) groups is 1. The molecule has 3 N–H and O–H groups in total. The SMILES string of the molecule is COc1cc(N)cc(Br)c1NC(=O)c1cccc2c(Cl)cccc12. The molecule has 1 amide bonds. The van der Waals surface area contributed by atoms with Gasteiger partial charge < -0.3 is 15.8 Å². The van der Waals surface area contributed by atoms with Gasteiger partial charge in [-0.15, -0.1) is 0 Å². The first-order valence-electron chi connectivity index (χ1n) is 7.13. The van der Waals surface area contributed by atoms with Crippen molar-refractivity contribution in [1.29, 1.82) is 0 Å². The molecule has 0 heterocycles. The summed E-state index contributed by atoms with van der Waals surface area (Å²) >= 11 is 9.62. The van der Waals surface area contributed by atoms with Crippen LogP contribution in [0.5, 0.6) is 5.75 Å². The molecule has 24 heavy (non-hydrogen) atoms. The van der Waals surface area contributed by atoms with Crippen LogP contribution in [0, 0.1) is 0 Å². The Morgan fingerprint density at radius 3 is 2.62 bits per heavy atom. The van der Waals surface area contributed by atoms with Gasteiger partial charge in [0.05, 0.1) is 12.8 Å². The van der Waals surface area contributed by atoms with Gasteiger partial charge in [-0.2, -0.15) is 0 Å². The Balaban J connectivity index is 2.05. The van der Waals surface area contributed by atoms with E-state index in [1.807, 2.05) is 18.2 Å². The highest BCUT2D eigenvalue weighted by atomic mass is 79.9. The van der Waals surface area contributed by atoms with E-state index in [1.54, 1.807) is 30.3 Å². The molecule has 0 unspecified atom stereocenters. The van der Waals surface area contributed by atoms with Crippen LogP contribution in [0.25, 0.3) is 10.8 Å². The second-order valence-electron chi connectivity index (χ2n) is 5.17. The number of nitrogen functional groups attached to an aromatic ring is 1. The standard InChI is InChI=1S/C18H14BrClN2O2/c1-24-16-9-10(21)8-14(19)17(16)22-18(23)13-6-2-5-12-11(13)4-3-7-15(12)20/h2-9H,21H2,1H3,(H,22,23). The van der Waals surface area contributed by atoms with Crippen molar-refractivity contribution in [2.45, 2.75) is 0 Å². The van der Waals surface area contributed by atoms with Crippen molar-refractivity contribution in [3.63, 3.8) is 0 Å². The van der Waals surface area contributed by atoms with Crippen LogP contribution in [0.3, 0.4) is 0 Å². The Bertz CT molecular complexity index is 944. The predicted octanol–water partition coefficient (Wildman–Crippen LogP) is 5.10. The summed E-state index contributed by atoms with van der Waals surface area (Å²) < 4.78 is 5.95. The lowest BCUT2D eigenvalue weighted by Crippen LogP contribution is -2.14. The highest BCUT2D eigenvalue weighted by Crippen LogP contribution is 2.36. The van der Waals surface area contributed by atoms with Crippen LogP contribution >= 0.6 is 27.5 Å². The molecule has 0 saturated carbocycles. The minimum Gasteiger partial charge on any atom is -0.494 e. The number of halogens is 2. The number of hydrogen-bond acceptors (Lipinski definition) is 3. The van der Waals surface area contributed by atoms with E-state index >= 15 is 0 Å². The maximum absolute atomic E-state index is 12.8. The lowest BCUT2D eigenvalue weighted by molar-refractivity contribution is 0.102. The molecule has 0 bridgehead atoms. The van der Waals surface area contributed by atoms with Gasteiger partial charge in [-0.25, -0.2) is 0 Å². The summed E-state index contributed by atoms with van der Waals surface area (Å²) in [6.07, 6.45) is 0. The fourth-order valence-electron chi connectivity index (χ4n) is 2.53. The summed E-state index contributed by atoms with van der Waals surface area (Å²) in [5.74, 6) is 0.222. The van der Waals surface area contributed by atoms with Crippen molar-refractivity contribution in [2.24, 2.45) is 0 Å². The van der Waals surface area contributed by atoms with Gasteiger partial charge in [0.1, 0.15) is 5.75 Å². The molecule has 3 rings (SSSR count). The summed E-state index contributed by atoms with van der Waals surface area (Å²) in [5, 5.41) is 5.09. The summed E-state index contributed by atoms with van der Waals surface area (Å²) in [4.78, 5) is 12.8. The van der Waals surface area contributed by atoms with E-state index in [0.29, 0.717) is 32.2 Å². The number of nitrogens with two attached hydrogens (primary N) is 1. The number of ether oxygens (including phenoxy) is 1. The zero-order chi connectivity index (χ0) is 17.3. The highest BCUT2D eigenvalue weighted by molar-refractivity contribution is 9.10. The molecule has 0 aliphatic carbocycles. The van der Waals surface area contributed by atoms with Gasteiger partial charge in [0.2, 0.25) is 0 Å². The van der Waals surface area contributed by atoms with Gasteiger partial charge in [-0.1, -0.05) is 35.9 Å². The number of rotatable bonds is 3. The van der Waals surface area contributed by atoms with Gasteiger partial charge >= 0.3 is 0 Å². The summed E-state index contributed by atoms with van der Waals surface area (Å²) in [7, 11) is 1.52. The summed E-state index contributed by atoms with van der Waals surface area (Å²) in [6.45, 7) is 0. The maximum Gasteiger partial charge on any atom is 0.256 e. The Labute approximate surface area is 152 Å². The zero-order valence-corrected chi connectivity index (χ0v) is 15.1. The lowest BCUT2D eigenvalue weighted by Gasteiger charge is -2.14. The molecule has 0 aliphatic rings. The first-order chi connectivity index (χ1) is 11.5. The number of methoxy groups -OCH3 is 1. The predicted molar refractivity (Wildman–Crippen MR) is 102 cm³/mol. The second-order valence-corrected chi connectivity index (χ2v) is 6.44. The van der Waals surface area contributed by atoms with E-state index in [4.69, 9.17) is 22.1 Å². The smallest absolute Gasteiger partial charge is 0.256 e. The first kappa shape index (κ1) is 16.6. The Morgan fingerprint density at radius 2 is 1.88 bits per heavy atom. The van der Waals surface area contributed by atoms with Crippen LogP contribution in [0.15, 0.2) is 53.0 Å². The quantitative estimate of drug-likeness (QED) is 0.596. The van der Waals surface area contributed by atoms with Gasteiger partial charge in [0.15, 0.2) is 0 Å². The molecule has 0 spiro atoms. The topological polar surface area (TPSA) is 64.3 Å². The average molecular weight is 406 g/mol. The van der Waals surface area contributed by atoms with Gasteiger partial charge in [0.25, 0.3) is 5.91 Å². The molecule has 6 heteroatoms. The van der Waals surface area contributed by atoms with E-state index in [1.165, 1.54) is 7.11 Å². The Kier molecular flexibility index (Phi) is 4.64. The highest BCUT2D eigenvalue weighted by Gasteiger charge is 2.16. The largest absolute Gasteiger partial charge is 0.494 e.